The molecular weight excluding hydrogens is 446 g/mol. The van der Waals surface area contributed by atoms with Gasteiger partial charge in [-0.25, -0.2) is 4.98 Å². The van der Waals surface area contributed by atoms with Crippen molar-refractivity contribution < 1.29 is 23.5 Å². The zero-order valence-corrected chi connectivity index (χ0v) is 17.5. The van der Waals surface area contributed by atoms with E-state index in [2.05, 4.69) is 9.97 Å². The number of halogens is 1. The van der Waals surface area contributed by atoms with Gasteiger partial charge in [-0.05, 0) is 48.5 Å². The number of aromatic nitrogens is 2. The van der Waals surface area contributed by atoms with E-state index < -0.39 is 23.5 Å². The third kappa shape index (κ3) is 2.95. The predicted octanol–water partition coefficient (Wildman–Crippen LogP) is 5.34. The number of furan rings is 2. The third-order valence-electron chi connectivity index (χ3n) is 5.57. The summed E-state index contributed by atoms with van der Waals surface area (Å²) < 4.78 is 11.2. The van der Waals surface area contributed by atoms with Crippen LogP contribution in [0.15, 0.2) is 87.1 Å². The maximum absolute atomic E-state index is 13.5. The quantitative estimate of drug-likeness (QED) is 0.351. The first kappa shape index (κ1) is 19.4. The lowest BCUT2D eigenvalue weighted by Crippen LogP contribution is -2.31. The number of nitrogens with zero attached hydrogens (tertiary/aromatic N) is 2. The Bertz CT molecular complexity index is 1560. The minimum Gasteiger partial charge on any atom is -0.503 e. The van der Waals surface area contributed by atoms with Crippen LogP contribution in [0, 0.1) is 0 Å². The number of aromatic amines is 1. The number of carbonyl (C=O) groups excluding carboxylic acids is 2. The summed E-state index contributed by atoms with van der Waals surface area (Å²) in [5.74, 6) is -1.69. The van der Waals surface area contributed by atoms with Crippen molar-refractivity contribution in [3.05, 3.63) is 94.8 Å². The second kappa shape index (κ2) is 7.11. The third-order valence-corrected chi connectivity index (χ3v) is 5.81. The molecule has 1 unspecified atom stereocenters. The first-order chi connectivity index (χ1) is 16.0. The maximum atomic E-state index is 13.5. The summed E-state index contributed by atoms with van der Waals surface area (Å²) in [7, 11) is 0. The fourth-order valence-corrected chi connectivity index (χ4v) is 4.26. The summed E-state index contributed by atoms with van der Waals surface area (Å²) in [6.07, 6.45) is 1.43. The van der Waals surface area contributed by atoms with Gasteiger partial charge in [0.2, 0.25) is 11.7 Å². The molecule has 0 radical (unpaired) electrons. The Morgan fingerprint density at radius 3 is 2.76 bits per heavy atom. The highest BCUT2D eigenvalue weighted by atomic mass is 35.5. The lowest BCUT2D eigenvalue weighted by Gasteiger charge is -2.21. The van der Waals surface area contributed by atoms with Crippen molar-refractivity contribution in [2.24, 2.45) is 0 Å². The van der Waals surface area contributed by atoms with Gasteiger partial charge in [0.1, 0.15) is 17.4 Å². The van der Waals surface area contributed by atoms with E-state index in [1.54, 1.807) is 36.4 Å². The van der Waals surface area contributed by atoms with Gasteiger partial charge in [0.15, 0.2) is 11.5 Å². The smallest absolute Gasteiger partial charge is 0.296 e. The molecule has 8 nitrogen and oxygen atoms in total. The van der Waals surface area contributed by atoms with E-state index in [-0.39, 0.29) is 23.0 Å². The number of Topliss-reactive ketones (excluding diaryl/α,β-unsaturated/α-hetero) is 1. The molecule has 2 N–H and O–H groups in total. The van der Waals surface area contributed by atoms with Crippen LogP contribution in [-0.4, -0.2) is 26.8 Å². The molecule has 0 bridgehead atoms. The molecule has 162 valence electrons. The highest BCUT2D eigenvalue weighted by Crippen LogP contribution is 2.42. The van der Waals surface area contributed by atoms with Gasteiger partial charge in [-0.3, -0.25) is 14.5 Å². The van der Waals surface area contributed by atoms with Gasteiger partial charge >= 0.3 is 0 Å². The number of anilines is 1. The Hall–Kier alpha value is -4.30. The van der Waals surface area contributed by atoms with E-state index in [4.69, 9.17) is 20.4 Å². The number of carbonyl (C=O) groups is 2. The number of fused-ring (bicyclic) bond motifs is 2. The number of imidazole rings is 1. The molecule has 1 aliphatic heterocycles. The second-order valence-electron chi connectivity index (χ2n) is 7.55. The van der Waals surface area contributed by atoms with Gasteiger partial charge in [-0.15, -0.1) is 0 Å². The van der Waals surface area contributed by atoms with Gasteiger partial charge in [0.25, 0.3) is 5.91 Å². The molecule has 5 aromatic rings. The number of ketones is 1. The highest BCUT2D eigenvalue weighted by molar-refractivity contribution is 6.31. The van der Waals surface area contributed by atoms with Crippen LogP contribution in [0.1, 0.15) is 22.4 Å². The summed E-state index contributed by atoms with van der Waals surface area (Å²) in [6, 6.07) is 15.9. The molecule has 4 heterocycles. The van der Waals surface area contributed by atoms with E-state index in [0.29, 0.717) is 27.0 Å². The van der Waals surface area contributed by atoms with Crippen molar-refractivity contribution in [2.75, 3.05) is 4.90 Å². The number of nitrogens with one attached hydrogen (secondary N) is 1. The molecule has 1 aliphatic rings. The van der Waals surface area contributed by atoms with E-state index in [9.17, 15) is 14.7 Å². The van der Waals surface area contributed by atoms with E-state index in [1.165, 1.54) is 17.2 Å². The summed E-state index contributed by atoms with van der Waals surface area (Å²) in [5.41, 5.74) is 1.62. The van der Waals surface area contributed by atoms with Crippen molar-refractivity contribution in [3.63, 3.8) is 0 Å². The predicted molar refractivity (Wildman–Crippen MR) is 120 cm³/mol. The number of aliphatic hydroxyl groups is 1. The summed E-state index contributed by atoms with van der Waals surface area (Å²) in [6.45, 7) is 0. The van der Waals surface area contributed by atoms with Crippen LogP contribution in [0.5, 0.6) is 0 Å². The normalized spacial score (nSPS) is 16.5. The van der Waals surface area contributed by atoms with Gasteiger partial charge in [-0.1, -0.05) is 23.7 Å². The molecule has 3 aromatic heterocycles. The minimum atomic E-state index is -1.04. The molecule has 2 aromatic carbocycles. The number of rotatable bonds is 4. The average molecular weight is 460 g/mol. The van der Waals surface area contributed by atoms with Gasteiger partial charge < -0.3 is 18.9 Å². The van der Waals surface area contributed by atoms with Crippen molar-refractivity contribution in [2.45, 2.75) is 6.04 Å². The average Bonchev–Trinajstić information content (AvgIpc) is 3.59. The summed E-state index contributed by atoms with van der Waals surface area (Å²) in [5, 5.41) is 11.9. The van der Waals surface area contributed by atoms with Crippen LogP contribution in [0.3, 0.4) is 0 Å². The Kier molecular flexibility index (Phi) is 4.18. The number of benzene rings is 2. The Labute approximate surface area is 190 Å². The molecule has 1 amide bonds. The largest absolute Gasteiger partial charge is 0.503 e. The number of amides is 1. The van der Waals surface area contributed by atoms with E-state index in [1.807, 2.05) is 18.2 Å². The monoisotopic (exact) mass is 459 g/mol. The van der Waals surface area contributed by atoms with Gasteiger partial charge in [-0.2, -0.15) is 0 Å². The van der Waals surface area contributed by atoms with Crippen molar-refractivity contribution in [3.8, 4) is 0 Å². The summed E-state index contributed by atoms with van der Waals surface area (Å²) in [4.78, 5) is 35.4. The van der Waals surface area contributed by atoms with E-state index in [0.717, 1.165) is 0 Å². The standard InChI is InChI=1S/C24H14ClN3O5/c25-13-7-8-16-12(10-13)11-18(33-16)21(29)19-20(17-6-3-9-32-17)28(23(31)22(19)30)24-26-14-4-1-2-5-15(14)27-24/h1-11,20,30H,(H,26,27). The summed E-state index contributed by atoms with van der Waals surface area (Å²) >= 11 is 6.04. The molecule has 0 aliphatic carbocycles. The Morgan fingerprint density at radius 1 is 1.12 bits per heavy atom. The Balaban J connectivity index is 1.49. The highest BCUT2D eigenvalue weighted by Gasteiger charge is 2.48. The second-order valence-corrected chi connectivity index (χ2v) is 7.99. The van der Waals surface area contributed by atoms with Crippen molar-refractivity contribution >= 4 is 51.2 Å². The van der Waals surface area contributed by atoms with E-state index >= 15 is 0 Å². The fourth-order valence-electron chi connectivity index (χ4n) is 4.08. The van der Waals surface area contributed by atoms with Crippen LogP contribution in [0.2, 0.25) is 5.02 Å². The fraction of sp³-hybridized carbons (Fsp3) is 0.0417. The molecular formula is C24H14ClN3O5. The molecule has 1 atom stereocenters. The lowest BCUT2D eigenvalue weighted by molar-refractivity contribution is -0.117. The number of para-hydroxylation sites is 2. The number of H-pyrrole nitrogens is 1. The zero-order chi connectivity index (χ0) is 22.7. The molecule has 0 spiro atoms. The maximum Gasteiger partial charge on any atom is 0.296 e. The molecule has 0 saturated carbocycles. The molecule has 6 rings (SSSR count). The number of hydrogen-bond donors (Lipinski definition) is 2. The molecule has 33 heavy (non-hydrogen) atoms. The first-order valence-corrected chi connectivity index (χ1v) is 10.4. The zero-order valence-electron chi connectivity index (χ0n) is 16.8. The Morgan fingerprint density at radius 2 is 1.97 bits per heavy atom. The molecule has 0 saturated heterocycles. The van der Waals surface area contributed by atoms with Gasteiger partial charge in [0, 0.05) is 10.4 Å². The SMILES string of the molecule is O=C(C1=C(O)C(=O)N(c2nc3ccccc3[nH]2)C1c1ccco1)c1cc2cc(Cl)ccc2o1. The van der Waals surface area contributed by atoms with Gasteiger partial charge in [0.05, 0.1) is 22.9 Å². The van der Waals surface area contributed by atoms with Crippen LogP contribution < -0.4 is 4.90 Å². The number of hydrogen-bond acceptors (Lipinski definition) is 6. The molecule has 9 heteroatoms. The number of aliphatic hydroxyl groups excluding tert-OH is 1. The van der Waals surface area contributed by atoms with Crippen LogP contribution in [0.4, 0.5) is 5.95 Å². The first-order valence-electron chi connectivity index (χ1n) is 10.00. The van der Waals surface area contributed by atoms with Crippen LogP contribution in [-0.2, 0) is 4.79 Å². The minimum absolute atomic E-state index is 0.0374. The topological polar surface area (TPSA) is 113 Å². The van der Waals surface area contributed by atoms with Crippen molar-refractivity contribution in [1.29, 1.82) is 0 Å². The van der Waals surface area contributed by atoms with Crippen molar-refractivity contribution in [1.82, 2.24) is 9.97 Å². The lowest BCUT2D eigenvalue weighted by atomic mass is 9.99. The van der Waals surface area contributed by atoms with Crippen LogP contribution in [0.25, 0.3) is 22.0 Å². The molecule has 0 fully saturated rings. The van der Waals surface area contributed by atoms with Crippen LogP contribution >= 0.6 is 11.6 Å².